The molecule has 2 aliphatic carbocycles. The van der Waals surface area contributed by atoms with E-state index in [1.54, 1.807) is 113 Å². The van der Waals surface area contributed by atoms with Gasteiger partial charge in [-0.2, -0.15) is 28.3 Å². The predicted molar refractivity (Wildman–Crippen MR) is 156 cm³/mol. The number of fused-ring (bicyclic) bond motifs is 3. The molecule has 4 aromatic rings. The maximum atomic E-state index is 10.2. The van der Waals surface area contributed by atoms with Gasteiger partial charge in [0.2, 0.25) is 0 Å². The van der Waals surface area contributed by atoms with Crippen LogP contribution in [0, 0.1) is 0 Å². The summed E-state index contributed by atoms with van der Waals surface area (Å²) >= 11 is 0. The van der Waals surface area contributed by atoms with Crippen LogP contribution in [0.3, 0.4) is 0 Å². The first kappa shape index (κ1) is 33.3. The van der Waals surface area contributed by atoms with E-state index in [0.29, 0.717) is 16.7 Å². The molecule has 212 valence electrons. The Bertz CT molecular complexity index is 1220. The number of aromatic carboxylic acids is 3. The predicted octanol–water partition coefficient (Wildman–Crippen LogP) is 7.32. The van der Waals surface area contributed by atoms with Crippen LogP contribution in [-0.2, 0) is 47.4 Å². The standard InChI is InChI=1S/C13H17.3C7H6O2.Ti/c1-3-7-12-10(5-1)9-11-6-2-4-8-13(11)12;3*8-7(9)6-4-2-1-3-5-6;/h9H,1-8H2;3*1-5H,(H,8,9);/q-1;;;;. The van der Waals surface area contributed by atoms with Crippen molar-refractivity contribution in [1.82, 2.24) is 0 Å². The van der Waals surface area contributed by atoms with Gasteiger partial charge in [0.15, 0.2) is 0 Å². The summed E-state index contributed by atoms with van der Waals surface area (Å²) in [5, 5.41) is 25.2. The van der Waals surface area contributed by atoms with E-state index in [0.717, 1.165) is 0 Å². The van der Waals surface area contributed by atoms with Gasteiger partial charge < -0.3 is 15.3 Å². The van der Waals surface area contributed by atoms with E-state index in [1.165, 1.54) is 51.4 Å². The summed E-state index contributed by atoms with van der Waals surface area (Å²) in [4.78, 5) is 30.6. The third kappa shape index (κ3) is 10.9. The number of carboxylic acid groups (broad SMARTS) is 3. The summed E-state index contributed by atoms with van der Waals surface area (Å²) in [7, 11) is 0. The third-order valence-electron chi connectivity index (χ3n) is 6.80. The van der Waals surface area contributed by atoms with E-state index in [9.17, 15) is 14.4 Å². The summed E-state index contributed by atoms with van der Waals surface area (Å²) in [5.74, 6) is -2.64. The van der Waals surface area contributed by atoms with Crippen LogP contribution in [0.4, 0.5) is 0 Å². The zero-order chi connectivity index (χ0) is 28.7. The van der Waals surface area contributed by atoms with Crippen LogP contribution in [0.15, 0.2) is 97.1 Å². The molecule has 4 aromatic carbocycles. The van der Waals surface area contributed by atoms with Crippen molar-refractivity contribution in [3.05, 3.63) is 136 Å². The summed E-state index contributed by atoms with van der Waals surface area (Å²) in [5.41, 5.74) is 7.94. The van der Waals surface area contributed by atoms with Gasteiger partial charge in [0, 0.05) is 21.7 Å². The molecule has 6 rings (SSSR count). The van der Waals surface area contributed by atoms with E-state index in [-0.39, 0.29) is 21.7 Å². The Hall–Kier alpha value is -3.87. The number of hydrogen-bond acceptors (Lipinski definition) is 3. The Balaban J connectivity index is 0.000000193. The van der Waals surface area contributed by atoms with Crippen LogP contribution < -0.4 is 0 Å². The Kier molecular flexibility index (Phi) is 14.4. The monoisotopic (exact) mass is 587 g/mol. The Morgan fingerprint density at radius 1 is 0.463 bits per heavy atom. The number of carboxylic acids is 3. The molecule has 0 radical (unpaired) electrons. The fourth-order valence-electron chi connectivity index (χ4n) is 4.82. The molecule has 6 nitrogen and oxygen atoms in total. The Morgan fingerprint density at radius 2 is 0.732 bits per heavy atom. The van der Waals surface area contributed by atoms with Crippen molar-refractivity contribution in [2.45, 2.75) is 51.4 Å². The van der Waals surface area contributed by atoms with Crippen LogP contribution in [0.2, 0.25) is 0 Å². The van der Waals surface area contributed by atoms with Gasteiger partial charge in [-0.15, -0.1) is 0 Å². The first-order valence-electron chi connectivity index (χ1n) is 13.5. The van der Waals surface area contributed by atoms with E-state index in [2.05, 4.69) is 6.07 Å². The average molecular weight is 588 g/mol. The number of carbonyl (C=O) groups is 3. The Labute approximate surface area is 255 Å². The van der Waals surface area contributed by atoms with Gasteiger partial charge in [-0.1, -0.05) is 106 Å². The first-order chi connectivity index (χ1) is 19.4. The molecular weight excluding hydrogens is 552 g/mol. The Morgan fingerprint density at radius 3 is 0.976 bits per heavy atom. The normalized spacial score (nSPS) is 12.5. The fraction of sp³-hybridized carbons (Fsp3) is 0.235. The molecule has 0 heterocycles. The first-order valence-corrected chi connectivity index (χ1v) is 13.5. The minimum Gasteiger partial charge on any atom is -0.478 e. The summed E-state index contributed by atoms with van der Waals surface area (Å²) in [6.07, 6.45) is 11.2. The molecule has 0 saturated carbocycles. The molecule has 0 spiro atoms. The molecule has 41 heavy (non-hydrogen) atoms. The van der Waals surface area contributed by atoms with Crippen molar-refractivity contribution in [3.63, 3.8) is 0 Å². The molecule has 0 amide bonds. The van der Waals surface area contributed by atoms with Gasteiger partial charge in [0.05, 0.1) is 16.7 Å². The van der Waals surface area contributed by atoms with Crippen LogP contribution in [0.5, 0.6) is 0 Å². The minimum atomic E-state index is -0.879. The number of benzene rings is 3. The van der Waals surface area contributed by atoms with Crippen molar-refractivity contribution in [2.75, 3.05) is 0 Å². The van der Waals surface area contributed by atoms with Gasteiger partial charge in [-0.3, -0.25) is 0 Å². The number of hydrogen-bond donors (Lipinski definition) is 3. The van der Waals surface area contributed by atoms with Crippen molar-refractivity contribution in [3.8, 4) is 0 Å². The van der Waals surface area contributed by atoms with E-state index in [1.807, 2.05) is 0 Å². The molecular formula is C34H35O6Ti-. The molecule has 0 aromatic heterocycles. The van der Waals surface area contributed by atoms with Gasteiger partial charge in [0.25, 0.3) is 0 Å². The summed E-state index contributed by atoms with van der Waals surface area (Å²) < 4.78 is 0. The topological polar surface area (TPSA) is 112 Å². The van der Waals surface area contributed by atoms with E-state index in [4.69, 9.17) is 15.3 Å². The fourth-order valence-corrected chi connectivity index (χ4v) is 4.82. The second-order valence-corrected chi connectivity index (χ2v) is 9.58. The number of aryl methyl sites for hydroxylation is 2. The molecule has 0 bridgehead atoms. The van der Waals surface area contributed by atoms with Gasteiger partial charge in [0.1, 0.15) is 0 Å². The molecule has 0 atom stereocenters. The number of rotatable bonds is 3. The van der Waals surface area contributed by atoms with Crippen LogP contribution >= 0.6 is 0 Å². The zero-order valence-electron chi connectivity index (χ0n) is 23.0. The second-order valence-electron chi connectivity index (χ2n) is 9.58. The maximum Gasteiger partial charge on any atom is 0.335 e. The largest absolute Gasteiger partial charge is 0.478 e. The smallest absolute Gasteiger partial charge is 0.335 e. The van der Waals surface area contributed by atoms with Crippen molar-refractivity contribution in [2.24, 2.45) is 0 Å². The molecule has 2 aliphatic rings. The molecule has 0 fully saturated rings. The maximum absolute atomic E-state index is 10.2. The summed E-state index contributed by atoms with van der Waals surface area (Å²) in [6, 6.07) is 27.4. The third-order valence-corrected chi connectivity index (χ3v) is 6.80. The molecule has 0 aliphatic heterocycles. The molecule has 0 saturated heterocycles. The second kappa shape index (κ2) is 17.7. The van der Waals surface area contributed by atoms with Gasteiger partial charge >= 0.3 is 17.9 Å². The van der Waals surface area contributed by atoms with Crippen molar-refractivity contribution < 1.29 is 51.4 Å². The van der Waals surface area contributed by atoms with Crippen LogP contribution in [0.25, 0.3) is 0 Å². The molecule has 3 N–H and O–H groups in total. The SMILES string of the molecule is O=C(O)c1ccccc1.O=C(O)c1ccccc1.O=C(O)c1ccccc1.[Ti].[cH-]1c2c(c3c1CCCC3)CCCC2. The molecule has 7 heteroatoms. The zero-order valence-corrected chi connectivity index (χ0v) is 24.5. The van der Waals surface area contributed by atoms with E-state index >= 15 is 0 Å². The van der Waals surface area contributed by atoms with Crippen LogP contribution in [-0.4, -0.2) is 33.2 Å². The summed E-state index contributed by atoms with van der Waals surface area (Å²) in [6.45, 7) is 0. The van der Waals surface area contributed by atoms with Crippen molar-refractivity contribution >= 4 is 17.9 Å². The minimum absolute atomic E-state index is 0. The molecule has 0 unspecified atom stereocenters. The average Bonchev–Trinajstić information content (AvgIpc) is 3.38. The quantitative estimate of drug-likeness (QED) is 0.171. The van der Waals surface area contributed by atoms with Gasteiger partial charge in [-0.05, 0) is 36.4 Å². The van der Waals surface area contributed by atoms with E-state index < -0.39 is 17.9 Å². The van der Waals surface area contributed by atoms with Crippen LogP contribution in [0.1, 0.15) is 79.0 Å². The van der Waals surface area contributed by atoms with Crippen molar-refractivity contribution in [1.29, 1.82) is 0 Å². The van der Waals surface area contributed by atoms with Gasteiger partial charge in [-0.25, -0.2) is 14.4 Å².